The van der Waals surface area contributed by atoms with Crippen LogP contribution in [0.5, 0.6) is 5.75 Å². The Balaban J connectivity index is 1.45. The monoisotopic (exact) mass is 326 g/mol. The van der Waals surface area contributed by atoms with E-state index in [4.69, 9.17) is 13.6 Å². The molecule has 0 atom stereocenters. The van der Waals surface area contributed by atoms with E-state index in [0.29, 0.717) is 30.4 Å². The molecule has 0 fully saturated rings. The Hall–Kier alpha value is -3.15. The molecule has 0 saturated carbocycles. The molecule has 3 aromatic rings. The zero-order valence-corrected chi connectivity index (χ0v) is 13.2. The Bertz CT molecular complexity index is 776. The fourth-order valence-electron chi connectivity index (χ4n) is 2.18. The molecule has 0 unspecified atom stereocenters. The van der Waals surface area contributed by atoms with Crippen LogP contribution in [-0.4, -0.2) is 13.1 Å². The van der Waals surface area contributed by atoms with Crippen LogP contribution in [0.4, 0.5) is 4.79 Å². The van der Waals surface area contributed by atoms with Crippen LogP contribution in [0.25, 0.3) is 11.5 Å². The minimum atomic E-state index is -0.262. The number of amides is 2. The molecule has 2 aromatic heterocycles. The van der Waals surface area contributed by atoms with Crippen molar-refractivity contribution in [1.82, 2.24) is 10.6 Å². The lowest BCUT2D eigenvalue weighted by molar-refractivity contribution is 0.239. The van der Waals surface area contributed by atoms with Gasteiger partial charge >= 0.3 is 6.03 Å². The molecule has 0 bridgehead atoms. The minimum Gasteiger partial charge on any atom is -0.497 e. The van der Waals surface area contributed by atoms with Gasteiger partial charge in [0.15, 0.2) is 11.5 Å². The molecule has 0 aliphatic rings. The molecule has 0 radical (unpaired) electrons. The molecule has 6 heteroatoms. The van der Waals surface area contributed by atoms with Crippen molar-refractivity contribution >= 4 is 6.03 Å². The maximum atomic E-state index is 11.8. The quantitative estimate of drug-likeness (QED) is 0.726. The van der Waals surface area contributed by atoms with Crippen molar-refractivity contribution in [1.29, 1.82) is 0 Å². The van der Waals surface area contributed by atoms with Crippen molar-refractivity contribution in [3.8, 4) is 17.3 Å². The molecule has 124 valence electrons. The molecule has 0 spiro atoms. The third-order valence-electron chi connectivity index (χ3n) is 3.46. The van der Waals surface area contributed by atoms with Crippen LogP contribution in [0.15, 0.2) is 63.6 Å². The fourth-order valence-corrected chi connectivity index (χ4v) is 2.18. The Labute approximate surface area is 139 Å². The summed E-state index contributed by atoms with van der Waals surface area (Å²) in [5, 5.41) is 5.54. The average molecular weight is 326 g/mol. The van der Waals surface area contributed by atoms with Gasteiger partial charge in [0.25, 0.3) is 0 Å². The number of ether oxygens (including phenoxy) is 1. The van der Waals surface area contributed by atoms with Crippen molar-refractivity contribution in [2.75, 3.05) is 7.11 Å². The highest BCUT2D eigenvalue weighted by atomic mass is 16.5. The van der Waals surface area contributed by atoms with Crippen LogP contribution in [-0.2, 0) is 13.1 Å². The molecule has 24 heavy (non-hydrogen) atoms. The second kappa shape index (κ2) is 7.41. The Morgan fingerprint density at radius 1 is 1.00 bits per heavy atom. The van der Waals surface area contributed by atoms with Gasteiger partial charge in [-0.15, -0.1) is 0 Å². The predicted molar refractivity (Wildman–Crippen MR) is 88.5 cm³/mol. The van der Waals surface area contributed by atoms with Gasteiger partial charge in [0.1, 0.15) is 11.5 Å². The van der Waals surface area contributed by atoms with Gasteiger partial charge in [-0.1, -0.05) is 12.1 Å². The molecule has 0 aliphatic heterocycles. The first-order valence-corrected chi connectivity index (χ1v) is 7.52. The largest absolute Gasteiger partial charge is 0.497 e. The van der Waals surface area contributed by atoms with Crippen molar-refractivity contribution in [2.45, 2.75) is 13.1 Å². The molecule has 0 aliphatic carbocycles. The highest BCUT2D eigenvalue weighted by Crippen LogP contribution is 2.22. The van der Waals surface area contributed by atoms with Crippen LogP contribution in [0, 0.1) is 0 Å². The van der Waals surface area contributed by atoms with Gasteiger partial charge in [-0.3, -0.25) is 0 Å². The highest BCUT2D eigenvalue weighted by Gasteiger charge is 2.08. The molecule has 2 N–H and O–H groups in total. The summed E-state index contributed by atoms with van der Waals surface area (Å²) in [6.45, 7) is 0.737. The van der Waals surface area contributed by atoms with E-state index in [1.54, 1.807) is 19.4 Å². The molecule has 6 nitrogen and oxygen atoms in total. The fraction of sp³-hybridized carbons (Fsp3) is 0.167. The maximum absolute atomic E-state index is 11.8. The van der Waals surface area contributed by atoms with E-state index in [1.807, 2.05) is 42.5 Å². The average Bonchev–Trinajstić information content (AvgIpc) is 3.29. The van der Waals surface area contributed by atoms with Crippen molar-refractivity contribution in [3.63, 3.8) is 0 Å². The highest BCUT2D eigenvalue weighted by molar-refractivity contribution is 5.73. The first-order valence-electron chi connectivity index (χ1n) is 7.52. The molecule has 3 rings (SSSR count). The predicted octanol–water partition coefficient (Wildman–Crippen LogP) is 3.55. The number of nitrogens with one attached hydrogen (secondary N) is 2. The van der Waals surface area contributed by atoms with Gasteiger partial charge in [0.2, 0.25) is 0 Å². The second-order valence-corrected chi connectivity index (χ2v) is 5.13. The summed E-state index contributed by atoms with van der Waals surface area (Å²) < 4.78 is 16.0. The Morgan fingerprint density at radius 2 is 1.79 bits per heavy atom. The van der Waals surface area contributed by atoms with Crippen molar-refractivity contribution in [3.05, 3.63) is 66.1 Å². The molecular weight excluding hydrogens is 308 g/mol. The summed E-state index contributed by atoms with van der Waals surface area (Å²) in [5.74, 6) is 2.73. The molecule has 0 saturated heterocycles. The van der Waals surface area contributed by atoms with Gasteiger partial charge in [-0.25, -0.2) is 4.79 Å². The first kappa shape index (κ1) is 15.7. The normalized spacial score (nSPS) is 10.4. The van der Waals surface area contributed by atoms with Gasteiger partial charge in [0, 0.05) is 6.54 Å². The topological polar surface area (TPSA) is 76.6 Å². The van der Waals surface area contributed by atoms with Crippen LogP contribution in [0.2, 0.25) is 0 Å². The summed E-state index contributed by atoms with van der Waals surface area (Å²) in [4.78, 5) is 11.8. The molecule has 1 aromatic carbocycles. The van der Waals surface area contributed by atoms with Gasteiger partial charge < -0.3 is 24.2 Å². The van der Waals surface area contributed by atoms with Gasteiger partial charge in [-0.05, 0) is 42.0 Å². The summed E-state index contributed by atoms with van der Waals surface area (Å²) >= 11 is 0. The number of furan rings is 2. The molecular formula is C18H18N2O4. The number of methoxy groups -OCH3 is 1. The van der Waals surface area contributed by atoms with Crippen LogP contribution in [0.1, 0.15) is 11.3 Å². The number of carbonyl (C=O) groups excluding carboxylic acids is 1. The number of urea groups is 1. The van der Waals surface area contributed by atoms with Crippen LogP contribution < -0.4 is 15.4 Å². The number of benzene rings is 1. The second-order valence-electron chi connectivity index (χ2n) is 5.13. The lowest BCUT2D eigenvalue weighted by Gasteiger charge is -2.07. The van der Waals surface area contributed by atoms with Crippen molar-refractivity contribution in [2.24, 2.45) is 0 Å². The molecule has 2 amide bonds. The minimum absolute atomic E-state index is 0.262. The standard InChI is InChI=1S/C18H18N2O4/c1-22-14-6-4-13(5-7-14)11-19-18(21)20-12-15-8-9-17(24-15)16-3-2-10-23-16/h2-10H,11-12H2,1H3,(H2,19,20,21). The van der Waals surface area contributed by atoms with E-state index in [1.165, 1.54) is 0 Å². The van der Waals surface area contributed by atoms with E-state index in [0.717, 1.165) is 11.3 Å². The molecule has 2 heterocycles. The smallest absolute Gasteiger partial charge is 0.315 e. The third kappa shape index (κ3) is 3.98. The Kier molecular flexibility index (Phi) is 4.86. The number of hydrogen-bond donors (Lipinski definition) is 2. The van der Waals surface area contributed by atoms with Gasteiger partial charge in [-0.2, -0.15) is 0 Å². The van der Waals surface area contributed by atoms with E-state index < -0.39 is 0 Å². The van der Waals surface area contributed by atoms with E-state index in [2.05, 4.69) is 10.6 Å². The van der Waals surface area contributed by atoms with E-state index in [-0.39, 0.29) is 6.03 Å². The SMILES string of the molecule is COc1ccc(CNC(=O)NCc2ccc(-c3ccco3)o2)cc1. The first-order chi connectivity index (χ1) is 11.7. The summed E-state index contributed by atoms with van der Waals surface area (Å²) in [6.07, 6.45) is 1.59. The van der Waals surface area contributed by atoms with E-state index >= 15 is 0 Å². The maximum Gasteiger partial charge on any atom is 0.315 e. The lowest BCUT2D eigenvalue weighted by Crippen LogP contribution is -2.34. The zero-order valence-electron chi connectivity index (χ0n) is 13.2. The summed E-state index contributed by atoms with van der Waals surface area (Å²) in [6, 6.07) is 14.5. The number of hydrogen-bond acceptors (Lipinski definition) is 4. The number of carbonyl (C=O) groups is 1. The Morgan fingerprint density at radius 3 is 2.50 bits per heavy atom. The van der Waals surface area contributed by atoms with Crippen LogP contribution in [0.3, 0.4) is 0 Å². The van der Waals surface area contributed by atoms with Gasteiger partial charge in [0.05, 0.1) is 19.9 Å². The third-order valence-corrected chi connectivity index (χ3v) is 3.46. The summed E-state index contributed by atoms with van der Waals surface area (Å²) in [7, 11) is 1.62. The lowest BCUT2D eigenvalue weighted by atomic mass is 10.2. The summed E-state index contributed by atoms with van der Waals surface area (Å²) in [5.41, 5.74) is 0.990. The number of rotatable bonds is 6. The van der Waals surface area contributed by atoms with E-state index in [9.17, 15) is 4.79 Å². The zero-order chi connectivity index (χ0) is 16.8. The van der Waals surface area contributed by atoms with Crippen molar-refractivity contribution < 1.29 is 18.4 Å². The van der Waals surface area contributed by atoms with Crippen LogP contribution >= 0.6 is 0 Å².